The molecule has 27 heavy (non-hydrogen) atoms. The van der Waals surface area contributed by atoms with E-state index in [0.29, 0.717) is 22.3 Å². The van der Waals surface area contributed by atoms with E-state index in [9.17, 15) is 17.6 Å². The van der Waals surface area contributed by atoms with Crippen LogP contribution in [-0.2, 0) is 21.2 Å². The number of amides is 1. The first-order chi connectivity index (χ1) is 12.7. The highest BCUT2D eigenvalue weighted by Gasteiger charge is 2.37. The lowest BCUT2D eigenvalue weighted by Crippen LogP contribution is -2.36. The van der Waals surface area contributed by atoms with Gasteiger partial charge in [-0.2, -0.15) is 0 Å². The maximum absolute atomic E-state index is 13.5. The summed E-state index contributed by atoms with van der Waals surface area (Å²) in [6.45, 7) is 5.21. The number of sulfonamides is 1. The van der Waals surface area contributed by atoms with Crippen molar-refractivity contribution in [3.05, 3.63) is 52.3 Å². The first-order valence-corrected chi connectivity index (χ1v) is 10.8. The van der Waals surface area contributed by atoms with Crippen LogP contribution in [0.1, 0.15) is 26.3 Å². The number of anilines is 2. The molecule has 0 spiro atoms. The third-order valence-electron chi connectivity index (χ3n) is 4.62. The number of carbonyl (C=O) groups excluding carboxylic acids is 1. The van der Waals surface area contributed by atoms with Crippen molar-refractivity contribution < 1.29 is 17.6 Å². The molecule has 2 aromatic rings. The molecule has 1 unspecified atom stereocenters. The summed E-state index contributed by atoms with van der Waals surface area (Å²) in [6, 6.07) is 8.56. The molecule has 0 radical (unpaired) electrons. The zero-order chi connectivity index (χ0) is 19.9. The Hall–Kier alpha value is -1.93. The van der Waals surface area contributed by atoms with E-state index >= 15 is 0 Å². The van der Waals surface area contributed by atoms with E-state index in [-0.39, 0.29) is 23.4 Å². The molecule has 0 saturated carbocycles. The van der Waals surface area contributed by atoms with Gasteiger partial charge >= 0.3 is 0 Å². The van der Waals surface area contributed by atoms with Crippen LogP contribution in [0.15, 0.2) is 45.8 Å². The summed E-state index contributed by atoms with van der Waals surface area (Å²) in [5.41, 5.74) is 1.60. The summed E-state index contributed by atoms with van der Waals surface area (Å²) in [6.07, 6.45) is 0.583. The average molecular weight is 455 g/mol. The minimum atomic E-state index is -3.97. The standard InChI is InChI=1S/C19H20BrFN2O3S/c1-4-22(17-7-5-16(21)6-8-17)27(25,26)18-11-15(20)10-14-9-12(2)23(13(3)24)19(14)18/h5-8,10-12H,4,9H2,1-3H3. The first kappa shape index (κ1) is 19.8. The largest absolute Gasteiger partial charge is 0.308 e. The number of halogens is 2. The van der Waals surface area contributed by atoms with Crippen LogP contribution in [0.4, 0.5) is 15.8 Å². The minimum Gasteiger partial charge on any atom is -0.308 e. The van der Waals surface area contributed by atoms with Gasteiger partial charge < -0.3 is 4.90 Å². The Balaban J connectivity index is 2.20. The molecule has 1 aliphatic rings. The van der Waals surface area contributed by atoms with Gasteiger partial charge in [-0.15, -0.1) is 0 Å². The van der Waals surface area contributed by atoms with Crippen molar-refractivity contribution in [1.82, 2.24) is 0 Å². The lowest BCUT2D eigenvalue weighted by Gasteiger charge is -2.27. The van der Waals surface area contributed by atoms with Gasteiger partial charge in [-0.05, 0) is 62.2 Å². The molecule has 8 heteroatoms. The summed E-state index contributed by atoms with van der Waals surface area (Å²) < 4.78 is 42.1. The van der Waals surface area contributed by atoms with E-state index in [1.165, 1.54) is 46.5 Å². The predicted molar refractivity (Wildman–Crippen MR) is 107 cm³/mol. The van der Waals surface area contributed by atoms with Gasteiger partial charge in [0.05, 0.1) is 11.4 Å². The number of rotatable bonds is 4. The summed E-state index contributed by atoms with van der Waals surface area (Å²) >= 11 is 3.39. The number of nitrogens with zero attached hydrogens (tertiary/aromatic N) is 2. The third kappa shape index (κ3) is 3.48. The van der Waals surface area contributed by atoms with Gasteiger partial charge in [0.2, 0.25) is 5.91 Å². The van der Waals surface area contributed by atoms with Gasteiger partial charge in [-0.25, -0.2) is 12.8 Å². The molecule has 1 amide bonds. The molecule has 5 nitrogen and oxygen atoms in total. The van der Waals surface area contributed by atoms with Crippen LogP contribution in [0.3, 0.4) is 0 Å². The van der Waals surface area contributed by atoms with Gasteiger partial charge in [0.25, 0.3) is 10.0 Å². The van der Waals surface area contributed by atoms with Crippen LogP contribution in [-0.4, -0.2) is 26.9 Å². The highest BCUT2D eigenvalue weighted by Crippen LogP contribution is 2.41. The summed E-state index contributed by atoms with van der Waals surface area (Å²) in [7, 11) is -3.97. The Kier molecular flexibility index (Phi) is 5.31. The minimum absolute atomic E-state index is 0.0672. The zero-order valence-electron chi connectivity index (χ0n) is 15.2. The molecule has 1 aliphatic heterocycles. The first-order valence-electron chi connectivity index (χ1n) is 8.57. The lowest BCUT2D eigenvalue weighted by atomic mass is 10.1. The maximum atomic E-state index is 13.5. The molecule has 0 bridgehead atoms. The predicted octanol–water partition coefficient (Wildman–Crippen LogP) is 4.10. The van der Waals surface area contributed by atoms with E-state index in [1.54, 1.807) is 6.92 Å². The Morgan fingerprint density at radius 1 is 1.30 bits per heavy atom. The molecule has 1 heterocycles. The molecule has 1 atom stereocenters. The van der Waals surface area contributed by atoms with Crippen molar-refractivity contribution in [2.75, 3.05) is 15.7 Å². The molecular weight excluding hydrogens is 435 g/mol. The van der Waals surface area contributed by atoms with Crippen molar-refractivity contribution in [1.29, 1.82) is 0 Å². The third-order valence-corrected chi connectivity index (χ3v) is 7.00. The van der Waals surface area contributed by atoms with Crippen LogP contribution >= 0.6 is 15.9 Å². The number of fused-ring (bicyclic) bond motifs is 1. The molecule has 0 fully saturated rings. The lowest BCUT2D eigenvalue weighted by molar-refractivity contribution is -0.116. The van der Waals surface area contributed by atoms with Crippen LogP contribution in [0.5, 0.6) is 0 Å². The zero-order valence-corrected chi connectivity index (χ0v) is 17.6. The van der Waals surface area contributed by atoms with E-state index in [2.05, 4.69) is 15.9 Å². The number of hydrogen-bond donors (Lipinski definition) is 0. The fourth-order valence-corrected chi connectivity index (χ4v) is 5.95. The normalized spacial score (nSPS) is 16.3. The molecular formula is C19H20BrFN2O3S. The monoisotopic (exact) mass is 454 g/mol. The SMILES string of the molecule is CCN(c1ccc(F)cc1)S(=O)(=O)c1cc(Br)cc2c1N(C(C)=O)C(C)C2. The molecule has 3 rings (SSSR count). The Morgan fingerprint density at radius 3 is 2.48 bits per heavy atom. The van der Waals surface area contributed by atoms with Gasteiger partial charge in [0, 0.05) is 24.0 Å². The van der Waals surface area contributed by atoms with Gasteiger partial charge in [0.15, 0.2) is 0 Å². The highest BCUT2D eigenvalue weighted by molar-refractivity contribution is 9.10. The van der Waals surface area contributed by atoms with Crippen LogP contribution < -0.4 is 9.21 Å². The van der Waals surface area contributed by atoms with Crippen LogP contribution in [0.25, 0.3) is 0 Å². The molecule has 0 aromatic heterocycles. The highest BCUT2D eigenvalue weighted by atomic mass is 79.9. The number of hydrogen-bond acceptors (Lipinski definition) is 3. The van der Waals surface area contributed by atoms with Crippen LogP contribution in [0, 0.1) is 5.82 Å². The average Bonchev–Trinajstić information content (AvgIpc) is 2.91. The van der Waals surface area contributed by atoms with Gasteiger partial charge in [-0.1, -0.05) is 15.9 Å². The van der Waals surface area contributed by atoms with Crippen molar-refractivity contribution in [3.63, 3.8) is 0 Å². The van der Waals surface area contributed by atoms with E-state index in [4.69, 9.17) is 0 Å². The van der Waals surface area contributed by atoms with Crippen molar-refractivity contribution in [2.45, 2.75) is 38.1 Å². The molecule has 0 N–H and O–H groups in total. The second-order valence-corrected chi connectivity index (χ2v) is 9.25. The smallest absolute Gasteiger partial charge is 0.266 e. The van der Waals surface area contributed by atoms with Gasteiger partial charge in [-0.3, -0.25) is 9.10 Å². The topological polar surface area (TPSA) is 57.7 Å². The van der Waals surface area contributed by atoms with E-state index in [0.717, 1.165) is 5.56 Å². The Morgan fingerprint density at radius 2 is 1.93 bits per heavy atom. The number of carbonyl (C=O) groups is 1. The summed E-state index contributed by atoms with van der Waals surface area (Å²) in [5.74, 6) is -0.642. The fourth-order valence-electron chi connectivity index (χ4n) is 3.57. The maximum Gasteiger partial charge on any atom is 0.266 e. The second-order valence-electron chi connectivity index (χ2n) is 6.50. The van der Waals surface area contributed by atoms with Crippen molar-refractivity contribution in [2.24, 2.45) is 0 Å². The summed E-state index contributed by atoms with van der Waals surface area (Å²) in [5, 5.41) is 0. The number of benzene rings is 2. The van der Waals surface area contributed by atoms with Gasteiger partial charge in [0.1, 0.15) is 10.7 Å². The van der Waals surface area contributed by atoms with Crippen LogP contribution in [0.2, 0.25) is 0 Å². The second kappa shape index (κ2) is 7.24. The van der Waals surface area contributed by atoms with Crippen molar-refractivity contribution in [3.8, 4) is 0 Å². The van der Waals surface area contributed by atoms with E-state index in [1.807, 2.05) is 13.0 Å². The Bertz CT molecular complexity index is 993. The molecule has 2 aromatic carbocycles. The van der Waals surface area contributed by atoms with Crippen molar-refractivity contribution >= 4 is 43.2 Å². The quantitative estimate of drug-likeness (QED) is 0.698. The summed E-state index contributed by atoms with van der Waals surface area (Å²) in [4.78, 5) is 13.8. The molecule has 0 saturated heterocycles. The van der Waals surface area contributed by atoms with E-state index < -0.39 is 15.8 Å². The molecule has 0 aliphatic carbocycles. The fraction of sp³-hybridized carbons (Fsp3) is 0.316. The Labute approximate surface area is 167 Å². The molecule has 144 valence electrons.